The monoisotopic (exact) mass is 260 g/mol. The third-order valence-corrected chi connectivity index (χ3v) is 2.70. The number of carbonyl (C=O) groups excluding carboxylic acids is 1. The zero-order valence-electron chi connectivity index (χ0n) is 10.8. The smallest absolute Gasteiger partial charge is 0.273 e. The molecule has 0 aliphatic carbocycles. The zero-order chi connectivity index (χ0) is 13.5. The van der Waals surface area contributed by atoms with E-state index in [1.807, 2.05) is 12.1 Å². The maximum absolute atomic E-state index is 11.3. The van der Waals surface area contributed by atoms with Gasteiger partial charge in [-0.3, -0.25) is 9.48 Å². The average Bonchev–Trinajstić information content (AvgIpc) is 2.93. The molecule has 2 aromatic heterocycles. The average molecular weight is 260 g/mol. The number of nitrogens with zero attached hydrogens (tertiary/aromatic N) is 5. The summed E-state index contributed by atoms with van der Waals surface area (Å²) < 4.78 is 1.68. The van der Waals surface area contributed by atoms with Crippen LogP contribution in [0.15, 0.2) is 24.5 Å². The lowest BCUT2D eigenvalue weighted by Gasteiger charge is -2.00. The van der Waals surface area contributed by atoms with Crippen molar-refractivity contribution in [1.82, 2.24) is 30.5 Å². The highest BCUT2D eigenvalue weighted by atomic mass is 16.1. The van der Waals surface area contributed by atoms with Crippen molar-refractivity contribution in [3.05, 3.63) is 35.9 Å². The summed E-state index contributed by atoms with van der Waals surface area (Å²) >= 11 is 0. The molecule has 2 rings (SSSR count). The molecule has 0 bridgehead atoms. The Kier molecular flexibility index (Phi) is 4.54. The van der Waals surface area contributed by atoms with Gasteiger partial charge in [-0.15, -0.1) is 5.10 Å². The molecule has 0 radical (unpaired) electrons. The number of aryl methyl sites for hydroxylation is 2. The van der Waals surface area contributed by atoms with Gasteiger partial charge in [-0.1, -0.05) is 5.21 Å². The predicted molar refractivity (Wildman–Crippen MR) is 68.4 cm³/mol. The maximum Gasteiger partial charge on any atom is 0.273 e. The first-order chi connectivity index (χ1) is 9.29. The molecule has 2 aromatic rings. The molecule has 0 saturated carbocycles. The molecule has 0 spiro atoms. The van der Waals surface area contributed by atoms with Crippen LogP contribution < -0.4 is 5.32 Å². The summed E-state index contributed by atoms with van der Waals surface area (Å²) in [4.78, 5) is 11.3. The Morgan fingerprint density at radius 2 is 2.26 bits per heavy atom. The van der Waals surface area contributed by atoms with E-state index in [1.54, 1.807) is 24.1 Å². The van der Waals surface area contributed by atoms with E-state index >= 15 is 0 Å². The number of unbranched alkanes of at least 4 members (excludes halogenated alkanes) is 1. The molecule has 1 N–H and O–H groups in total. The third-order valence-electron chi connectivity index (χ3n) is 2.70. The standard InChI is InChI=1S/C12H16N6O/c1-13-12(19)11-9-18(17-16-11)8-3-2-5-10-6-4-7-14-15-10/h4,6-7,9H,2-3,5,8H2,1H3,(H,13,19). The number of nitrogens with one attached hydrogen (secondary N) is 1. The van der Waals surface area contributed by atoms with Crippen molar-refractivity contribution in [3.8, 4) is 0 Å². The minimum Gasteiger partial charge on any atom is -0.354 e. The lowest BCUT2D eigenvalue weighted by atomic mass is 10.2. The van der Waals surface area contributed by atoms with Crippen molar-refractivity contribution >= 4 is 5.91 Å². The van der Waals surface area contributed by atoms with Gasteiger partial charge in [-0.05, 0) is 31.4 Å². The molecule has 0 atom stereocenters. The fourth-order valence-corrected chi connectivity index (χ4v) is 1.69. The minimum atomic E-state index is -0.217. The molecule has 0 saturated heterocycles. The molecule has 0 aliphatic rings. The van der Waals surface area contributed by atoms with Gasteiger partial charge < -0.3 is 5.32 Å². The van der Waals surface area contributed by atoms with Gasteiger partial charge in [0.1, 0.15) is 0 Å². The van der Waals surface area contributed by atoms with Gasteiger partial charge in [-0.25, -0.2) is 0 Å². The highest BCUT2D eigenvalue weighted by Crippen LogP contribution is 2.02. The number of carbonyl (C=O) groups is 1. The van der Waals surface area contributed by atoms with Gasteiger partial charge in [0.2, 0.25) is 0 Å². The quantitative estimate of drug-likeness (QED) is 0.762. The number of rotatable bonds is 6. The Morgan fingerprint density at radius 3 is 3.00 bits per heavy atom. The van der Waals surface area contributed by atoms with Crippen molar-refractivity contribution in [2.75, 3.05) is 7.05 Å². The number of hydrogen-bond acceptors (Lipinski definition) is 5. The van der Waals surface area contributed by atoms with Gasteiger partial charge >= 0.3 is 0 Å². The van der Waals surface area contributed by atoms with E-state index in [0.717, 1.165) is 31.5 Å². The summed E-state index contributed by atoms with van der Waals surface area (Å²) in [7, 11) is 1.57. The summed E-state index contributed by atoms with van der Waals surface area (Å²) in [6.45, 7) is 0.740. The fourth-order valence-electron chi connectivity index (χ4n) is 1.69. The van der Waals surface area contributed by atoms with E-state index in [0.29, 0.717) is 5.69 Å². The Balaban J connectivity index is 1.74. The molecule has 0 aliphatic heterocycles. The third kappa shape index (κ3) is 3.84. The molecule has 0 unspecified atom stereocenters. The van der Waals surface area contributed by atoms with Crippen LogP contribution >= 0.6 is 0 Å². The van der Waals surface area contributed by atoms with Crippen LogP contribution in [0.1, 0.15) is 29.0 Å². The van der Waals surface area contributed by atoms with Gasteiger partial charge in [0.25, 0.3) is 5.91 Å². The van der Waals surface area contributed by atoms with Crippen LogP contribution in [0.2, 0.25) is 0 Å². The summed E-state index contributed by atoms with van der Waals surface area (Å²) in [5.41, 5.74) is 1.34. The fraction of sp³-hybridized carbons (Fsp3) is 0.417. The molecule has 100 valence electrons. The first-order valence-corrected chi connectivity index (χ1v) is 6.18. The molecule has 7 heteroatoms. The van der Waals surface area contributed by atoms with Crippen molar-refractivity contribution in [2.45, 2.75) is 25.8 Å². The summed E-state index contributed by atoms with van der Waals surface area (Å²) in [5.74, 6) is -0.217. The molecule has 0 fully saturated rings. The Morgan fingerprint density at radius 1 is 1.37 bits per heavy atom. The highest BCUT2D eigenvalue weighted by molar-refractivity contribution is 5.91. The topological polar surface area (TPSA) is 85.6 Å². The lowest BCUT2D eigenvalue weighted by Crippen LogP contribution is -2.18. The van der Waals surface area contributed by atoms with E-state index in [9.17, 15) is 4.79 Å². The Hall–Kier alpha value is -2.31. The van der Waals surface area contributed by atoms with E-state index in [4.69, 9.17) is 0 Å². The van der Waals surface area contributed by atoms with Crippen molar-refractivity contribution < 1.29 is 4.79 Å². The Bertz CT molecular complexity index is 524. The molecule has 19 heavy (non-hydrogen) atoms. The second kappa shape index (κ2) is 6.58. The van der Waals surface area contributed by atoms with Gasteiger partial charge in [0, 0.05) is 19.8 Å². The second-order valence-electron chi connectivity index (χ2n) is 4.12. The first kappa shape index (κ1) is 13.1. The van der Waals surface area contributed by atoms with Crippen molar-refractivity contribution in [1.29, 1.82) is 0 Å². The highest BCUT2D eigenvalue weighted by Gasteiger charge is 2.07. The Labute approximate surface area is 111 Å². The molecular weight excluding hydrogens is 244 g/mol. The van der Waals surface area contributed by atoms with Gasteiger partial charge in [0.15, 0.2) is 5.69 Å². The van der Waals surface area contributed by atoms with E-state index in [1.165, 1.54) is 0 Å². The summed E-state index contributed by atoms with van der Waals surface area (Å²) in [6.07, 6.45) is 6.16. The normalized spacial score (nSPS) is 10.4. The predicted octanol–water partition coefficient (Wildman–Crippen LogP) is 0.451. The van der Waals surface area contributed by atoms with E-state index in [2.05, 4.69) is 25.8 Å². The van der Waals surface area contributed by atoms with Crippen molar-refractivity contribution in [2.24, 2.45) is 0 Å². The van der Waals surface area contributed by atoms with Crippen LogP contribution in [0.25, 0.3) is 0 Å². The second-order valence-corrected chi connectivity index (χ2v) is 4.12. The lowest BCUT2D eigenvalue weighted by molar-refractivity contribution is 0.0958. The van der Waals surface area contributed by atoms with Gasteiger partial charge in [0.05, 0.1) is 11.9 Å². The number of aromatic nitrogens is 5. The summed E-state index contributed by atoms with van der Waals surface area (Å²) in [6, 6.07) is 3.85. The first-order valence-electron chi connectivity index (χ1n) is 6.18. The number of hydrogen-bond donors (Lipinski definition) is 1. The zero-order valence-corrected chi connectivity index (χ0v) is 10.8. The molecule has 0 aromatic carbocycles. The van der Waals surface area contributed by atoms with E-state index in [-0.39, 0.29) is 5.91 Å². The molecule has 2 heterocycles. The molecule has 7 nitrogen and oxygen atoms in total. The van der Waals surface area contributed by atoms with Crippen molar-refractivity contribution in [3.63, 3.8) is 0 Å². The van der Waals surface area contributed by atoms with Crippen LogP contribution in [0.3, 0.4) is 0 Å². The molecule has 1 amide bonds. The van der Waals surface area contributed by atoms with Crippen LogP contribution in [-0.2, 0) is 13.0 Å². The molecular formula is C12H16N6O. The number of amides is 1. The SMILES string of the molecule is CNC(=O)c1cn(CCCCc2cccnn2)nn1. The minimum absolute atomic E-state index is 0.217. The van der Waals surface area contributed by atoms with Crippen LogP contribution in [-0.4, -0.2) is 38.1 Å². The summed E-state index contributed by atoms with van der Waals surface area (Å²) in [5, 5.41) is 18.1. The maximum atomic E-state index is 11.3. The van der Waals surface area contributed by atoms with Crippen LogP contribution in [0.4, 0.5) is 0 Å². The largest absolute Gasteiger partial charge is 0.354 e. The van der Waals surface area contributed by atoms with Crippen LogP contribution in [0, 0.1) is 0 Å². The van der Waals surface area contributed by atoms with Crippen LogP contribution in [0.5, 0.6) is 0 Å². The van der Waals surface area contributed by atoms with E-state index < -0.39 is 0 Å². The van der Waals surface area contributed by atoms with Gasteiger partial charge in [-0.2, -0.15) is 10.2 Å².